The zero-order valence-corrected chi connectivity index (χ0v) is 12.1. The Balaban J connectivity index is 1.76. The molecular weight excluding hydrogens is 296 g/mol. The largest absolute Gasteiger partial charge is 0.447 e. The van der Waals surface area contributed by atoms with E-state index in [0.29, 0.717) is 16.8 Å². The number of esters is 1. The summed E-state index contributed by atoms with van der Waals surface area (Å²) in [7, 11) is 0. The van der Waals surface area contributed by atoms with E-state index in [9.17, 15) is 9.59 Å². The minimum Gasteiger partial charge on any atom is -0.447 e. The van der Waals surface area contributed by atoms with Crippen LogP contribution < -0.4 is 5.73 Å². The van der Waals surface area contributed by atoms with Crippen LogP contribution in [-0.4, -0.2) is 17.0 Å². The molecule has 23 heavy (non-hydrogen) atoms. The number of fused-ring (bicyclic) bond motifs is 1. The van der Waals surface area contributed by atoms with Crippen LogP contribution in [0.25, 0.3) is 11.0 Å². The Hall–Kier alpha value is -3.15. The van der Waals surface area contributed by atoms with Crippen LogP contribution in [0.3, 0.4) is 0 Å². The molecule has 0 aliphatic heterocycles. The van der Waals surface area contributed by atoms with Crippen LogP contribution in [0.1, 0.15) is 17.4 Å². The molecule has 1 heterocycles. The molecule has 3 rings (SSSR count). The smallest absolute Gasteiger partial charge is 0.313 e. The van der Waals surface area contributed by atoms with Gasteiger partial charge in [0.2, 0.25) is 6.10 Å². The van der Waals surface area contributed by atoms with Crippen molar-refractivity contribution in [2.45, 2.75) is 12.5 Å². The number of primary amides is 1. The van der Waals surface area contributed by atoms with Gasteiger partial charge in [0.25, 0.3) is 5.91 Å². The number of rotatable bonds is 5. The highest BCUT2D eigenvalue weighted by Crippen LogP contribution is 2.21. The van der Waals surface area contributed by atoms with Gasteiger partial charge in [-0.3, -0.25) is 9.59 Å². The number of aromatic nitrogens is 1. The van der Waals surface area contributed by atoms with Gasteiger partial charge in [0.05, 0.1) is 6.42 Å². The minimum atomic E-state index is -1.12. The summed E-state index contributed by atoms with van der Waals surface area (Å²) in [5.74, 6) is -1.33. The summed E-state index contributed by atoms with van der Waals surface area (Å²) in [5.41, 5.74) is 6.90. The number of nitrogens with zero attached hydrogens (tertiary/aromatic N) is 1. The van der Waals surface area contributed by atoms with Crippen molar-refractivity contribution in [3.05, 3.63) is 65.9 Å². The first-order valence-electron chi connectivity index (χ1n) is 7.02. The van der Waals surface area contributed by atoms with Crippen molar-refractivity contribution in [2.75, 3.05) is 0 Å². The van der Waals surface area contributed by atoms with E-state index in [4.69, 9.17) is 15.0 Å². The maximum atomic E-state index is 12.1. The fraction of sp³-hybridized carbons (Fsp3) is 0.118. The van der Waals surface area contributed by atoms with Crippen LogP contribution in [0.15, 0.2) is 59.1 Å². The minimum absolute atomic E-state index is 0.104. The Bertz CT molecular complexity index is 842. The normalized spacial score (nSPS) is 12.0. The van der Waals surface area contributed by atoms with E-state index in [2.05, 4.69) is 5.16 Å². The first-order valence-corrected chi connectivity index (χ1v) is 7.02. The predicted octanol–water partition coefficient (Wildman–Crippen LogP) is 2.14. The number of nitrogens with two attached hydrogens (primary N) is 1. The quantitative estimate of drug-likeness (QED) is 0.728. The van der Waals surface area contributed by atoms with E-state index < -0.39 is 18.0 Å². The number of para-hydroxylation sites is 1. The third-order valence-electron chi connectivity index (χ3n) is 3.37. The van der Waals surface area contributed by atoms with E-state index in [1.807, 2.05) is 12.1 Å². The SMILES string of the molecule is NC(=O)C(OC(=O)Cc1noc2ccccc12)c1ccccc1. The highest BCUT2D eigenvalue weighted by molar-refractivity contribution is 5.86. The number of carbonyl (C=O) groups excluding carboxylic acids is 2. The summed E-state index contributed by atoms with van der Waals surface area (Å²) in [4.78, 5) is 23.7. The van der Waals surface area contributed by atoms with Crippen molar-refractivity contribution in [1.82, 2.24) is 5.16 Å². The molecule has 1 atom stereocenters. The summed E-state index contributed by atoms with van der Waals surface area (Å²) in [5, 5.41) is 4.60. The molecule has 2 N–H and O–H groups in total. The van der Waals surface area contributed by atoms with Crippen molar-refractivity contribution in [1.29, 1.82) is 0 Å². The summed E-state index contributed by atoms with van der Waals surface area (Å²) in [6, 6.07) is 15.8. The lowest BCUT2D eigenvalue weighted by atomic mass is 10.1. The molecule has 1 unspecified atom stereocenters. The lowest BCUT2D eigenvalue weighted by Gasteiger charge is -2.14. The molecule has 3 aromatic rings. The van der Waals surface area contributed by atoms with Crippen molar-refractivity contribution in [2.24, 2.45) is 5.73 Å². The monoisotopic (exact) mass is 310 g/mol. The Morgan fingerprint density at radius 1 is 1.09 bits per heavy atom. The van der Waals surface area contributed by atoms with Gasteiger partial charge in [-0.1, -0.05) is 47.6 Å². The Morgan fingerprint density at radius 2 is 1.78 bits per heavy atom. The first kappa shape index (κ1) is 14.8. The Labute approximate surface area is 131 Å². The molecule has 0 radical (unpaired) electrons. The van der Waals surface area contributed by atoms with Gasteiger partial charge in [0, 0.05) is 10.9 Å². The van der Waals surface area contributed by atoms with Gasteiger partial charge in [-0.25, -0.2) is 0 Å². The van der Waals surface area contributed by atoms with Crippen LogP contribution in [-0.2, 0) is 20.7 Å². The van der Waals surface area contributed by atoms with Crippen LogP contribution in [0, 0.1) is 0 Å². The van der Waals surface area contributed by atoms with E-state index in [0.717, 1.165) is 5.39 Å². The Morgan fingerprint density at radius 3 is 2.52 bits per heavy atom. The molecule has 1 amide bonds. The topological polar surface area (TPSA) is 95.4 Å². The summed E-state index contributed by atoms with van der Waals surface area (Å²) < 4.78 is 10.4. The molecule has 6 heteroatoms. The molecule has 116 valence electrons. The van der Waals surface area contributed by atoms with Gasteiger partial charge in [-0.2, -0.15) is 0 Å². The standard InChI is InChI=1S/C17H14N2O4/c18-17(21)16(11-6-2-1-3-7-11)22-15(20)10-13-12-8-4-5-9-14(12)23-19-13/h1-9,16H,10H2,(H2,18,21). The fourth-order valence-electron chi connectivity index (χ4n) is 2.29. The molecule has 0 aliphatic carbocycles. The zero-order valence-electron chi connectivity index (χ0n) is 12.1. The van der Waals surface area contributed by atoms with Crippen molar-refractivity contribution in [3.63, 3.8) is 0 Å². The number of hydrogen-bond acceptors (Lipinski definition) is 5. The molecule has 0 spiro atoms. The molecule has 6 nitrogen and oxygen atoms in total. The highest BCUT2D eigenvalue weighted by Gasteiger charge is 2.23. The number of hydrogen-bond donors (Lipinski definition) is 1. The molecule has 0 fully saturated rings. The number of ether oxygens (including phenoxy) is 1. The van der Waals surface area contributed by atoms with Crippen LogP contribution in [0.4, 0.5) is 0 Å². The van der Waals surface area contributed by atoms with Crippen molar-refractivity contribution < 1.29 is 18.8 Å². The van der Waals surface area contributed by atoms with Crippen LogP contribution in [0.5, 0.6) is 0 Å². The Kier molecular flexibility index (Phi) is 4.05. The summed E-state index contributed by atoms with van der Waals surface area (Å²) >= 11 is 0. The lowest BCUT2D eigenvalue weighted by Crippen LogP contribution is -2.26. The van der Waals surface area contributed by atoms with E-state index >= 15 is 0 Å². The second-order valence-corrected chi connectivity index (χ2v) is 4.99. The van der Waals surface area contributed by atoms with Crippen molar-refractivity contribution >= 4 is 22.8 Å². The zero-order chi connectivity index (χ0) is 16.2. The maximum absolute atomic E-state index is 12.1. The molecular formula is C17H14N2O4. The fourth-order valence-corrected chi connectivity index (χ4v) is 2.29. The molecule has 1 aromatic heterocycles. The van der Waals surface area contributed by atoms with E-state index in [-0.39, 0.29) is 6.42 Å². The molecule has 2 aromatic carbocycles. The first-order chi connectivity index (χ1) is 11.1. The molecule has 0 bridgehead atoms. The average molecular weight is 310 g/mol. The number of amides is 1. The number of benzene rings is 2. The number of carbonyl (C=O) groups is 2. The lowest BCUT2D eigenvalue weighted by molar-refractivity contribution is -0.154. The highest BCUT2D eigenvalue weighted by atomic mass is 16.5. The second-order valence-electron chi connectivity index (χ2n) is 4.99. The van der Waals surface area contributed by atoms with E-state index in [1.165, 1.54) is 0 Å². The summed E-state index contributed by atoms with van der Waals surface area (Å²) in [6.07, 6.45) is -1.23. The van der Waals surface area contributed by atoms with Gasteiger partial charge in [-0.15, -0.1) is 0 Å². The maximum Gasteiger partial charge on any atom is 0.313 e. The average Bonchev–Trinajstić information content (AvgIpc) is 2.96. The summed E-state index contributed by atoms with van der Waals surface area (Å²) in [6.45, 7) is 0. The van der Waals surface area contributed by atoms with Gasteiger partial charge >= 0.3 is 5.97 Å². The predicted molar refractivity (Wildman–Crippen MR) is 82.2 cm³/mol. The third kappa shape index (κ3) is 3.21. The van der Waals surface area contributed by atoms with Gasteiger partial charge in [0.15, 0.2) is 5.58 Å². The third-order valence-corrected chi connectivity index (χ3v) is 3.37. The van der Waals surface area contributed by atoms with E-state index in [1.54, 1.807) is 42.5 Å². The van der Waals surface area contributed by atoms with Crippen molar-refractivity contribution in [3.8, 4) is 0 Å². The van der Waals surface area contributed by atoms with Crippen LogP contribution in [0.2, 0.25) is 0 Å². The van der Waals surface area contributed by atoms with Gasteiger partial charge in [0.1, 0.15) is 5.69 Å². The second kappa shape index (κ2) is 6.31. The van der Waals surface area contributed by atoms with Crippen LogP contribution >= 0.6 is 0 Å². The molecule has 0 saturated carbocycles. The van der Waals surface area contributed by atoms with Gasteiger partial charge < -0.3 is 15.0 Å². The van der Waals surface area contributed by atoms with Gasteiger partial charge in [-0.05, 0) is 12.1 Å². The molecule has 0 saturated heterocycles. The molecule has 0 aliphatic rings.